The molecule has 0 aliphatic heterocycles. The van der Waals surface area contributed by atoms with Crippen molar-refractivity contribution in [2.75, 3.05) is 6.26 Å². The number of thioether (sulfide) groups is 1. The van der Waals surface area contributed by atoms with Gasteiger partial charge in [-0.1, -0.05) is 19.3 Å². The molecule has 0 aromatic heterocycles. The maximum atomic E-state index is 9.18. The summed E-state index contributed by atoms with van der Waals surface area (Å²) < 4.78 is 0. The van der Waals surface area contributed by atoms with Crippen LogP contribution in [0.5, 0.6) is 0 Å². The van der Waals surface area contributed by atoms with E-state index in [1.165, 1.54) is 11.8 Å². The van der Waals surface area contributed by atoms with Gasteiger partial charge in [0, 0.05) is 10.8 Å². The number of rotatable bonds is 2. The van der Waals surface area contributed by atoms with Crippen molar-refractivity contribution in [3.05, 3.63) is 21.6 Å². The maximum absolute atomic E-state index is 9.18. The molecule has 0 radical (unpaired) electrons. The number of hydrogen-bond acceptors (Lipinski definition) is 5. The third-order valence-electron chi connectivity index (χ3n) is 3.66. The summed E-state index contributed by atoms with van der Waals surface area (Å²) in [5, 5.41) is 36.6. The number of hydrogen-bond donors (Lipinski definition) is 0. The van der Waals surface area contributed by atoms with Crippen molar-refractivity contribution in [1.29, 1.82) is 21.0 Å². The first-order chi connectivity index (χ1) is 10.2. The molecule has 0 amide bonds. The van der Waals surface area contributed by atoms with E-state index in [0.29, 0.717) is 11.3 Å². The van der Waals surface area contributed by atoms with Gasteiger partial charge in [0.1, 0.15) is 35.4 Å². The minimum absolute atomic E-state index is 0.0980. The van der Waals surface area contributed by atoms with Crippen molar-refractivity contribution in [2.24, 2.45) is 5.92 Å². The summed E-state index contributed by atoms with van der Waals surface area (Å²) in [6, 6.07) is 7.83. The van der Waals surface area contributed by atoms with E-state index in [4.69, 9.17) is 10.5 Å². The van der Waals surface area contributed by atoms with E-state index in [-0.39, 0.29) is 17.1 Å². The normalized spacial score (nSPS) is 18.0. The van der Waals surface area contributed by atoms with E-state index in [1.807, 2.05) is 30.5 Å². The van der Waals surface area contributed by atoms with E-state index >= 15 is 0 Å². The fourth-order valence-electron chi connectivity index (χ4n) is 2.68. The SMILES string of the molecule is CSC(=C(C#N)C#N)C1CCCCCCC1=C(C#N)C#N. The van der Waals surface area contributed by atoms with Gasteiger partial charge < -0.3 is 0 Å². The zero-order valence-corrected chi connectivity index (χ0v) is 12.8. The molecule has 4 nitrogen and oxygen atoms in total. The largest absolute Gasteiger partial charge is 0.192 e. The summed E-state index contributed by atoms with van der Waals surface area (Å²) in [6.45, 7) is 0. The second-order valence-electron chi connectivity index (χ2n) is 4.80. The monoisotopic (exact) mass is 296 g/mol. The van der Waals surface area contributed by atoms with Gasteiger partial charge in [-0.05, 0) is 31.1 Å². The molecule has 0 aromatic rings. The molecule has 1 unspecified atom stereocenters. The van der Waals surface area contributed by atoms with Gasteiger partial charge >= 0.3 is 0 Å². The van der Waals surface area contributed by atoms with Crippen LogP contribution >= 0.6 is 11.8 Å². The van der Waals surface area contributed by atoms with Crippen LogP contribution < -0.4 is 0 Å². The quantitative estimate of drug-likeness (QED) is 0.718. The van der Waals surface area contributed by atoms with E-state index in [1.54, 1.807) is 0 Å². The Hall–Kier alpha value is -2.21. The van der Waals surface area contributed by atoms with Crippen LogP contribution in [0.25, 0.3) is 0 Å². The molecule has 5 heteroatoms. The molecule has 1 rings (SSSR count). The first kappa shape index (κ1) is 16.8. The van der Waals surface area contributed by atoms with Crippen LogP contribution in [-0.2, 0) is 0 Å². The van der Waals surface area contributed by atoms with Gasteiger partial charge in [0.2, 0.25) is 0 Å². The molecule has 1 aliphatic carbocycles. The standard InChI is InChI=1S/C16H16N4S/c1-21-16(13(10-19)11-20)15-7-5-3-2-4-6-14(15)12(8-17)9-18/h15H,2-7H2,1H3. The molecule has 0 N–H and O–H groups in total. The fourth-order valence-corrected chi connectivity index (χ4v) is 3.52. The van der Waals surface area contributed by atoms with Crippen LogP contribution in [0.3, 0.4) is 0 Å². The average Bonchev–Trinajstić information content (AvgIpc) is 2.49. The Morgan fingerprint density at radius 2 is 1.57 bits per heavy atom. The molecule has 106 valence electrons. The predicted molar refractivity (Wildman–Crippen MR) is 81.2 cm³/mol. The topological polar surface area (TPSA) is 95.2 Å². The van der Waals surface area contributed by atoms with Gasteiger partial charge in [-0.2, -0.15) is 21.0 Å². The third-order valence-corrected chi connectivity index (χ3v) is 4.59. The lowest BCUT2D eigenvalue weighted by atomic mass is 9.83. The first-order valence-corrected chi connectivity index (χ1v) is 8.07. The molecule has 1 aliphatic rings. The Labute approximate surface area is 130 Å². The van der Waals surface area contributed by atoms with Crippen LogP contribution in [0.15, 0.2) is 21.6 Å². The second kappa shape index (κ2) is 8.86. The molecule has 1 atom stereocenters. The van der Waals surface area contributed by atoms with Gasteiger partial charge in [-0.25, -0.2) is 0 Å². The van der Waals surface area contributed by atoms with Crippen molar-refractivity contribution in [3.8, 4) is 24.3 Å². The lowest BCUT2D eigenvalue weighted by Gasteiger charge is -2.25. The highest BCUT2D eigenvalue weighted by Gasteiger charge is 2.26. The van der Waals surface area contributed by atoms with Crippen molar-refractivity contribution in [3.63, 3.8) is 0 Å². The van der Waals surface area contributed by atoms with Crippen LogP contribution in [0.2, 0.25) is 0 Å². The van der Waals surface area contributed by atoms with E-state index in [2.05, 4.69) is 0 Å². The van der Waals surface area contributed by atoms with Gasteiger partial charge in [0.25, 0.3) is 0 Å². The molecule has 21 heavy (non-hydrogen) atoms. The number of allylic oxidation sites excluding steroid dienone is 4. The summed E-state index contributed by atoms with van der Waals surface area (Å²) in [5.41, 5.74) is 1.04. The number of nitrogens with zero attached hydrogens (tertiary/aromatic N) is 4. The Morgan fingerprint density at radius 3 is 2.10 bits per heavy atom. The molecular formula is C16H16N4S. The smallest absolute Gasteiger partial charge is 0.139 e. The van der Waals surface area contributed by atoms with Gasteiger partial charge in [0.05, 0.1) is 0 Å². The molecule has 0 spiro atoms. The maximum Gasteiger partial charge on any atom is 0.139 e. The highest BCUT2D eigenvalue weighted by Crippen LogP contribution is 2.39. The molecular weight excluding hydrogens is 280 g/mol. The highest BCUT2D eigenvalue weighted by molar-refractivity contribution is 8.02. The molecule has 0 aromatic carbocycles. The lowest BCUT2D eigenvalue weighted by Crippen LogP contribution is -2.12. The van der Waals surface area contributed by atoms with Gasteiger partial charge in [0.15, 0.2) is 0 Å². The lowest BCUT2D eigenvalue weighted by molar-refractivity contribution is 0.508. The summed E-state index contributed by atoms with van der Waals surface area (Å²) in [6.07, 6.45) is 7.41. The van der Waals surface area contributed by atoms with Crippen LogP contribution in [0.4, 0.5) is 0 Å². The predicted octanol–water partition coefficient (Wildman–Crippen LogP) is 3.96. The Morgan fingerprint density at radius 1 is 0.952 bits per heavy atom. The van der Waals surface area contributed by atoms with E-state index in [0.717, 1.165) is 37.7 Å². The summed E-state index contributed by atoms with van der Waals surface area (Å²) in [4.78, 5) is 0.694. The van der Waals surface area contributed by atoms with Crippen molar-refractivity contribution in [2.45, 2.75) is 38.5 Å². The minimum Gasteiger partial charge on any atom is -0.192 e. The van der Waals surface area contributed by atoms with Crippen LogP contribution in [-0.4, -0.2) is 6.26 Å². The number of nitriles is 4. The van der Waals surface area contributed by atoms with Crippen LogP contribution in [0, 0.1) is 51.2 Å². The van der Waals surface area contributed by atoms with Crippen molar-refractivity contribution in [1.82, 2.24) is 0 Å². The van der Waals surface area contributed by atoms with Crippen molar-refractivity contribution < 1.29 is 0 Å². The molecule has 1 saturated carbocycles. The van der Waals surface area contributed by atoms with E-state index in [9.17, 15) is 10.5 Å². The van der Waals surface area contributed by atoms with E-state index < -0.39 is 0 Å². The molecule has 0 bridgehead atoms. The van der Waals surface area contributed by atoms with Crippen LogP contribution in [0.1, 0.15) is 38.5 Å². The van der Waals surface area contributed by atoms with Crippen molar-refractivity contribution >= 4 is 11.8 Å². The zero-order chi connectivity index (χ0) is 15.7. The average molecular weight is 296 g/mol. The summed E-state index contributed by atoms with van der Waals surface area (Å²) in [5.74, 6) is -0.149. The fraction of sp³-hybridized carbons (Fsp3) is 0.500. The Kier molecular flexibility index (Phi) is 7.11. The summed E-state index contributed by atoms with van der Waals surface area (Å²) >= 11 is 1.37. The highest BCUT2D eigenvalue weighted by atomic mass is 32.2. The van der Waals surface area contributed by atoms with Gasteiger partial charge in [-0.15, -0.1) is 11.8 Å². The zero-order valence-electron chi connectivity index (χ0n) is 12.0. The molecule has 0 heterocycles. The van der Waals surface area contributed by atoms with Gasteiger partial charge in [-0.3, -0.25) is 0 Å². The second-order valence-corrected chi connectivity index (χ2v) is 5.64. The minimum atomic E-state index is -0.149. The first-order valence-electron chi connectivity index (χ1n) is 6.85. The summed E-state index contributed by atoms with van der Waals surface area (Å²) in [7, 11) is 0. The molecule has 1 fully saturated rings. The molecule has 0 saturated heterocycles. The Bertz CT molecular complexity index is 585. The third kappa shape index (κ3) is 4.13. The Balaban J connectivity index is 3.44.